The fraction of sp³-hybridized carbons (Fsp3) is 0. The summed E-state index contributed by atoms with van der Waals surface area (Å²) in [6, 6.07) is 0. The lowest BCUT2D eigenvalue weighted by molar-refractivity contribution is 0.222. The molecule has 0 radical (unpaired) electrons. The van der Waals surface area contributed by atoms with Crippen molar-refractivity contribution in [3.63, 3.8) is 0 Å². The highest BCUT2D eigenvalue weighted by Crippen LogP contribution is 1.66. The van der Waals surface area contributed by atoms with Crippen LogP contribution in [0.1, 0.15) is 0 Å². The normalized spacial score (nSPS) is 4.83. The lowest BCUT2D eigenvalue weighted by atomic mass is 11.3. The Kier molecular flexibility index (Phi) is 13.4. The van der Waals surface area contributed by atoms with Gasteiger partial charge in [-0.2, -0.15) is 0 Å². The summed E-state index contributed by atoms with van der Waals surface area (Å²) in [5.74, 6) is 0. The van der Waals surface area contributed by atoms with Crippen molar-refractivity contribution in [1.82, 2.24) is 0 Å². The topological polar surface area (TPSA) is 37.3 Å². The number of carbonyl (C=O) groups is 1. The SMILES string of the molecule is C=C.O=C(O)S. The van der Waals surface area contributed by atoms with E-state index in [4.69, 9.17) is 9.90 Å². The molecule has 3 heteroatoms. The summed E-state index contributed by atoms with van der Waals surface area (Å²) in [5, 5.41) is 6.14. The number of hydrogen-bond acceptors (Lipinski definition) is 1. The van der Waals surface area contributed by atoms with E-state index in [1.165, 1.54) is 0 Å². The zero-order chi connectivity index (χ0) is 5.58. The van der Waals surface area contributed by atoms with Crippen LogP contribution in [0.15, 0.2) is 13.2 Å². The Bertz CT molecular complexity index is 40.1. The Hall–Kier alpha value is -0.440. The average Bonchev–Trinajstić information content (AvgIpc) is 1.41. The first-order valence-corrected chi connectivity index (χ1v) is 1.60. The molecule has 0 aliphatic carbocycles. The fourth-order valence-corrected chi connectivity index (χ4v) is 0. The number of hydrogen-bond donors (Lipinski definition) is 2. The minimum absolute atomic E-state index is 1.14. The van der Waals surface area contributed by atoms with Crippen molar-refractivity contribution in [2.75, 3.05) is 0 Å². The summed E-state index contributed by atoms with van der Waals surface area (Å²) in [6.45, 7) is 6.00. The van der Waals surface area contributed by atoms with Crippen molar-refractivity contribution < 1.29 is 9.90 Å². The van der Waals surface area contributed by atoms with Gasteiger partial charge in [0.2, 0.25) is 0 Å². The van der Waals surface area contributed by atoms with Gasteiger partial charge in [0.1, 0.15) is 0 Å². The molecule has 0 aromatic rings. The van der Waals surface area contributed by atoms with Crippen LogP contribution >= 0.6 is 12.6 Å². The Morgan fingerprint density at radius 1 is 1.67 bits per heavy atom. The van der Waals surface area contributed by atoms with E-state index in [9.17, 15) is 0 Å². The molecule has 0 spiro atoms. The zero-order valence-corrected chi connectivity index (χ0v) is 4.11. The molecular weight excluding hydrogens is 100 g/mol. The second kappa shape index (κ2) is 8.82. The van der Waals surface area contributed by atoms with E-state index in [0.29, 0.717) is 0 Å². The molecule has 0 aliphatic heterocycles. The summed E-state index contributed by atoms with van der Waals surface area (Å²) in [5.41, 5.74) is 0. The second-order valence-electron chi connectivity index (χ2n) is 0.283. The van der Waals surface area contributed by atoms with Crippen molar-refractivity contribution in [2.45, 2.75) is 0 Å². The molecule has 6 heavy (non-hydrogen) atoms. The van der Waals surface area contributed by atoms with Crippen molar-refractivity contribution in [3.8, 4) is 0 Å². The zero-order valence-electron chi connectivity index (χ0n) is 3.22. The predicted molar refractivity (Wildman–Crippen MR) is 28.3 cm³/mol. The highest BCUT2D eigenvalue weighted by Gasteiger charge is 1.67. The second-order valence-corrected chi connectivity index (χ2v) is 0.665. The van der Waals surface area contributed by atoms with Gasteiger partial charge in [-0.1, -0.05) is 12.6 Å². The molecule has 36 valence electrons. The van der Waals surface area contributed by atoms with E-state index >= 15 is 0 Å². The Morgan fingerprint density at radius 2 is 1.67 bits per heavy atom. The maximum atomic E-state index is 8.86. The molecule has 0 aromatic carbocycles. The summed E-state index contributed by atoms with van der Waals surface area (Å²) in [7, 11) is 0. The van der Waals surface area contributed by atoms with Crippen LogP contribution < -0.4 is 0 Å². The van der Waals surface area contributed by atoms with Gasteiger partial charge in [-0.25, -0.2) is 4.79 Å². The maximum Gasteiger partial charge on any atom is 0.361 e. The first-order valence-electron chi connectivity index (χ1n) is 1.15. The summed E-state index contributed by atoms with van der Waals surface area (Å²) >= 11 is 2.88. The predicted octanol–water partition coefficient (Wildman–Crippen LogP) is 1.40. The standard InChI is InChI=1S/C2H4.CH2O2S/c1-2;2-1(3)4/h1-2H2;4H,(H,2,3). The van der Waals surface area contributed by atoms with E-state index in [2.05, 4.69) is 25.8 Å². The van der Waals surface area contributed by atoms with Gasteiger partial charge in [0.25, 0.3) is 0 Å². The highest BCUT2D eigenvalue weighted by molar-refractivity contribution is 7.96. The van der Waals surface area contributed by atoms with Crippen LogP contribution in [-0.2, 0) is 0 Å². The minimum Gasteiger partial charge on any atom is -0.473 e. The van der Waals surface area contributed by atoms with Crippen molar-refractivity contribution in [1.29, 1.82) is 0 Å². The van der Waals surface area contributed by atoms with Crippen LogP contribution in [-0.4, -0.2) is 10.4 Å². The molecule has 0 saturated carbocycles. The van der Waals surface area contributed by atoms with Gasteiger partial charge < -0.3 is 5.11 Å². The molecule has 0 rings (SSSR count). The monoisotopic (exact) mass is 106 g/mol. The molecule has 0 unspecified atom stereocenters. The molecule has 2 nitrogen and oxygen atoms in total. The summed E-state index contributed by atoms with van der Waals surface area (Å²) in [4.78, 5) is 8.86. The molecule has 0 atom stereocenters. The van der Waals surface area contributed by atoms with Crippen LogP contribution in [0.2, 0.25) is 0 Å². The fourth-order valence-electron chi connectivity index (χ4n) is 0. The maximum absolute atomic E-state index is 8.86. The lowest BCUT2D eigenvalue weighted by Crippen LogP contribution is -1.67. The molecule has 0 aromatic heterocycles. The van der Waals surface area contributed by atoms with Crippen LogP contribution in [0.4, 0.5) is 4.79 Å². The molecule has 0 aliphatic rings. The van der Waals surface area contributed by atoms with Crippen LogP contribution in [0.3, 0.4) is 0 Å². The molecule has 0 saturated heterocycles. The van der Waals surface area contributed by atoms with Gasteiger partial charge in [-0.05, 0) is 0 Å². The molecular formula is C3H6O2S. The quantitative estimate of drug-likeness (QED) is 0.362. The minimum atomic E-state index is -1.14. The third-order valence-electron chi connectivity index (χ3n) is 0. The molecule has 1 N–H and O–H groups in total. The summed E-state index contributed by atoms with van der Waals surface area (Å²) in [6.07, 6.45) is 0. The van der Waals surface area contributed by atoms with Crippen molar-refractivity contribution in [3.05, 3.63) is 13.2 Å². The van der Waals surface area contributed by atoms with Gasteiger partial charge in [-0.15, -0.1) is 13.2 Å². The third kappa shape index (κ3) is 121. The largest absolute Gasteiger partial charge is 0.473 e. The third-order valence-corrected chi connectivity index (χ3v) is 0. The average molecular weight is 106 g/mol. The number of thiol groups is 1. The van der Waals surface area contributed by atoms with Crippen LogP contribution in [0.25, 0.3) is 0 Å². The van der Waals surface area contributed by atoms with E-state index in [0.717, 1.165) is 0 Å². The van der Waals surface area contributed by atoms with Gasteiger partial charge in [0.15, 0.2) is 0 Å². The van der Waals surface area contributed by atoms with Crippen LogP contribution in [0, 0.1) is 0 Å². The van der Waals surface area contributed by atoms with Crippen molar-refractivity contribution >= 4 is 17.9 Å². The van der Waals surface area contributed by atoms with E-state index in [1.54, 1.807) is 0 Å². The Morgan fingerprint density at radius 3 is 1.67 bits per heavy atom. The summed E-state index contributed by atoms with van der Waals surface area (Å²) < 4.78 is 0. The van der Waals surface area contributed by atoms with Gasteiger partial charge in [-0.3, -0.25) is 0 Å². The van der Waals surface area contributed by atoms with Gasteiger partial charge in [0.05, 0.1) is 0 Å². The van der Waals surface area contributed by atoms with Gasteiger partial charge >= 0.3 is 5.30 Å². The lowest BCUT2D eigenvalue weighted by Gasteiger charge is -1.58. The van der Waals surface area contributed by atoms with E-state index < -0.39 is 5.30 Å². The van der Waals surface area contributed by atoms with Crippen molar-refractivity contribution in [2.24, 2.45) is 0 Å². The first kappa shape index (κ1) is 9.12. The molecule has 0 heterocycles. The van der Waals surface area contributed by atoms with Gasteiger partial charge in [0, 0.05) is 0 Å². The van der Waals surface area contributed by atoms with E-state index in [-0.39, 0.29) is 0 Å². The number of carboxylic acid groups (broad SMARTS) is 1. The Balaban J connectivity index is 0. The molecule has 0 bridgehead atoms. The Labute approximate surface area is 41.9 Å². The number of rotatable bonds is 0. The van der Waals surface area contributed by atoms with E-state index in [1.807, 2.05) is 0 Å². The van der Waals surface area contributed by atoms with Crippen LogP contribution in [0.5, 0.6) is 0 Å². The molecule has 0 fully saturated rings. The smallest absolute Gasteiger partial charge is 0.361 e. The highest BCUT2D eigenvalue weighted by atomic mass is 32.1. The molecule has 0 amide bonds. The first-order chi connectivity index (χ1) is 2.73.